The van der Waals surface area contributed by atoms with Gasteiger partial charge in [-0.1, -0.05) is 0 Å². The second kappa shape index (κ2) is 11.6. The highest BCUT2D eigenvalue weighted by Crippen LogP contribution is 2.39. The number of carbonyl (C=O) groups excluding carboxylic acids is 1. The first-order valence-corrected chi connectivity index (χ1v) is 16.0. The number of pyridine rings is 1. The second-order valence-corrected chi connectivity index (χ2v) is 13.0. The van der Waals surface area contributed by atoms with Gasteiger partial charge in [0, 0.05) is 76.8 Å². The van der Waals surface area contributed by atoms with Crippen molar-refractivity contribution in [2.45, 2.75) is 50.0 Å². The molecular formula is C29H38F3N11O3. The minimum Gasteiger partial charge on any atom is -0.378 e. The van der Waals surface area contributed by atoms with E-state index < -0.39 is 18.4 Å². The summed E-state index contributed by atoms with van der Waals surface area (Å²) in [5, 5.41) is 23.2. The van der Waals surface area contributed by atoms with E-state index in [0.29, 0.717) is 49.5 Å². The van der Waals surface area contributed by atoms with E-state index >= 15 is 0 Å². The Morgan fingerprint density at radius 2 is 1.80 bits per heavy atom. The third-order valence-corrected chi connectivity index (χ3v) is 10.2. The fraction of sp³-hybridized carbons (Fsp3) is 0.655. The third-order valence-electron chi connectivity index (χ3n) is 10.2. The van der Waals surface area contributed by atoms with Crippen LogP contribution in [0.25, 0.3) is 5.65 Å². The quantitative estimate of drug-likeness (QED) is 0.359. The van der Waals surface area contributed by atoms with E-state index in [9.17, 15) is 23.1 Å². The van der Waals surface area contributed by atoms with Gasteiger partial charge in [-0.15, -0.1) is 5.10 Å². The molecule has 0 aromatic carbocycles. The molecule has 5 aliphatic heterocycles. The number of ether oxygens (including phenoxy) is 1. The molecule has 14 nitrogen and oxygen atoms in total. The van der Waals surface area contributed by atoms with Crippen LogP contribution in [0, 0.1) is 5.92 Å². The maximum absolute atomic E-state index is 13.0. The van der Waals surface area contributed by atoms with Gasteiger partial charge in [0.1, 0.15) is 6.54 Å². The average Bonchev–Trinajstić information content (AvgIpc) is 3.66. The van der Waals surface area contributed by atoms with Gasteiger partial charge in [0.15, 0.2) is 12.0 Å². The van der Waals surface area contributed by atoms with Gasteiger partial charge in [0.2, 0.25) is 11.9 Å². The molecule has 0 aliphatic carbocycles. The van der Waals surface area contributed by atoms with Crippen LogP contribution in [-0.2, 0) is 16.1 Å². The number of aliphatic hydroxyl groups excluding tert-OH is 1. The molecule has 46 heavy (non-hydrogen) atoms. The number of aliphatic hydroxyl groups is 1. The van der Waals surface area contributed by atoms with Crippen LogP contribution in [0.1, 0.15) is 12.8 Å². The molecule has 8 heterocycles. The molecular weight excluding hydrogens is 607 g/mol. The van der Waals surface area contributed by atoms with Gasteiger partial charge in [-0.05, 0) is 25.0 Å². The molecule has 248 valence electrons. The highest BCUT2D eigenvalue weighted by atomic mass is 19.4. The maximum Gasteiger partial charge on any atom is 0.394 e. The number of fused-ring (bicyclic) bond motifs is 3. The van der Waals surface area contributed by atoms with E-state index in [1.165, 1.54) is 4.90 Å². The van der Waals surface area contributed by atoms with Crippen LogP contribution >= 0.6 is 0 Å². The molecule has 5 fully saturated rings. The van der Waals surface area contributed by atoms with Crippen LogP contribution in [-0.4, -0.2) is 151 Å². The molecule has 3 atom stereocenters. The van der Waals surface area contributed by atoms with Gasteiger partial charge in [-0.3, -0.25) is 24.2 Å². The van der Waals surface area contributed by atoms with Crippen LogP contribution in [0.5, 0.6) is 0 Å². The lowest BCUT2D eigenvalue weighted by Crippen LogP contribution is -2.66. The third kappa shape index (κ3) is 5.57. The standard InChI is InChI=1S/C29H38F3N11O3/c30-29(31,32)19-11-40(12-19)28(45)43-21-3-4-22(43)15-39(14-21)24-2-1-5-42-26(24)35-27(36-42)34-20-10-33-41(13-20)16-25(44)38-8-6-37(7-9-38)23-17-46-18-23/h1-2,5,10,13,19,21-23,28,45H,3-4,6-9,11-12,14-18H2,(H,34,36). The number of aromatic nitrogens is 5. The zero-order valence-corrected chi connectivity index (χ0v) is 25.3. The van der Waals surface area contributed by atoms with Crippen LogP contribution in [0.4, 0.5) is 30.5 Å². The SMILES string of the molecule is O=C(Cn1cc(Nc2nc3c(N4CC5CCC(C4)N5C(O)N4CC(C(F)(F)F)C4)cccn3n2)cn1)N1CCN(C2COC2)CC1. The Bertz CT molecular complexity index is 1550. The Balaban J connectivity index is 0.888. The summed E-state index contributed by atoms with van der Waals surface area (Å²) in [5.74, 6) is -0.944. The van der Waals surface area contributed by atoms with Crippen LogP contribution in [0.2, 0.25) is 0 Å². The molecule has 3 aromatic heterocycles. The summed E-state index contributed by atoms with van der Waals surface area (Å²) in [6.07, 6.45) is 1.75. The van der Waals surface area contributed by atoms with Gasteiger partial charge in [0.25, 0.3) is 0 Å². The number of amides is 1. The number of nitrogens with one attached hydrogen (secondary N) is 1. The largest absolute Gasteiger partial charge is 0.394 e. The van der Waals surface area contributed by atoms with Crippen LogP contribution in [0.15, 0.2) is 30.7 Å². The lowest BCUT2D eigenvalue weighted by molar-refractivity contribution is -0.249. The summed E-state index contributed by atoms with van der Waals surface area (Å²) < 4.78 is 47.7. The van der Waals surface area contributed by atoms with E-state index in [-0.39, 0.29) is 37.6 Å². The van der Waals surface area contributed by atoms with Crippen molar-refractivity contribution in [2.24, 2.45) is 5.92 Å². The number of rotatable bonds is 8. The highest BCUT2D eigenvalue weighted by Gasteiger charge is 2.52. The van der Waals surface area contributed by atoms with Gasteiger partial charge in [-0.2, -0.15) is 23.3 Å². The first-order chi connectivity index (χ1) is 22.2. The van der Waals surface area contributed by atoms with Crippen LogP contribution in [0.3, 0.4) is 0 Å². The average molecular weight is 646 g/mol. The molecule has 0 radical (unpaired) electrons. The molecule has 2 bridgehead atoms. The monoisotopic (exact) mass is 645 g/mol. The summed E-state index contributed by atoms with van der Waals surface area (Å²) in [5.41, 5.74) is 2.24. The molecule has 17 heteroatoms. The zero-order valence-electron chi connectivity index (χ0n) is 25.3. The molecule has 5 aliphatic rings. The number of anilines is 3. The van der Waals surface area contributed by atoms with E-state index in [0.717, 1.165) is 44.8 Å². The molecule has 1 amide bonds. The summed E-state index contributed by atoms with van der Waals surface area (Å²) >= 11 is 0. The van der Waals surface area contributed by atoms with Crippen molar-refractivity contribution in [2.75, 3.05) is 75.8 Å². The molecule has 3 unspecified atom stereocenters. The Morgan fingerprint density at radius 3 is 2.48 bits per heavy atom. The summed E-state index contributed by atoms with van der Waals surface area (Å²) in [6, 6.07) is 4.43. The Hall–Kier alpha value is -3.51. The maximum atomic E-state index is 13.0. The second-order valence-electron chi connectivity index (χ2n) is 13.0. The van der Waals surface area contributed by atoms with Gasteiger partial charge >= 0.3 is 6.18 Å². The summed E-state index contributed by atoms with van der Waals surface area (Å²) in [4.78, 5) is 27.7. The Morgan fingerprint density at radius 1 is 1.07 bits per heavy atom. The van der Waals surface area contributed by atoms with Crippen molar-refractivity contribution < 1.29 is 27.8 Å². The number of hydrogen-bond donors (Lipinski definition) is 2. The summed E-state index contributed by atoms with van der Waals surface area (Å²) in [7, 11) is 0. The number of likely N-dealkylation sites (tertiary alicyclic amines) is 1. The normalized spacial score (nSPS) is 26.0. The zero-order chi connectivity index (χ0) is 31.6. The molecule has 3 aromatic rings. The fourth-order valence-corrected chi connectivity index (χ4v) is 7.45. The van der Waals surface area contributed by atoms with Crippen molar-refractivity contribution in [1.82, 2.24) is 44.0 Å². The lowest BCUT2D eigenvalue weighted by Gasteiger charge is -2.50. The number of hydrogen-bond acceptors (Lipinski definition) is 11. The Kier molecular flexibility index (Phi) is 7.55. The topological polar surface area (TPSA) is 123 Å². The van der Waals surface area contributed by atoms with E-state index in [1.54, 1.807) is 21.6 Å². The van der Waals surface area contributed by atoms with Gasteiger partial charge in [0.05, 0.1) is 42.7 Å². The van der Waals surface area contributed by atoms with Crippen molar-refractivity contribution >= 4 is 28.9 Å². The minimum absolute atomic E-state index is 0.0224. The Labute approximate surface area is 263 Å². The minimum atomic E-state index is -4.22. The lowest BCUT2D eigenvalue weighted by atomic mass is 9.99. The van der Waals surface area contributed by atoms with Gasteiger partial charge < -0.3 is 25.0 Å². The predicted molar refractivity (Wildman–Crippen MR) is 159 cm³/mol. The first kappa shape index (κ1) is 29.9. The van der Waals surface area contributed by atoms with Crippen molar-refractivity contribution in [3.05, 3.63) is 30.7 Å². The fourth-order valence-electron chi connectivity index (χ4n) is 7.45. The van der Waals surface area contributed by atoms with E-state index in [2.05, 4.69) is 25.3 Å². The molecule has 2 N–H and O–H groups in total. The number of piperazine rings is 2. The number of carbonyl (C=O) groups is 1. The number of alkyl halides is 3. The number of halogens is 3. The molecule has 5 saturated heterocycles. The molecule has 0 saturated carbocycles. The van der Waals surface area contributed by atoms with E-state index in [4.69, 9.17) is 9.72 Å². The summed E-state index contributed by atoms with van der Waals surface area (Å²) in [6.45, 7) is 5.76. The van der Waals surface area contributed by atoms with Crippen molar-refractivity contribution in [3.8, 4) is 0 Å². The van der Waals surface area contributed by atoms with Crippen molar-refractivity contribution in [3.63, 3.8) is 0 Å². The van der Waals surface area contributed by atoms with Crippen molar-refractivity contribution in [1.29, 1.82) is 0 Å². The van der Waals surface area contributed by atoms with E-state index in [1.807, 2.05) is 28.1 Å². The highest BCUT2D eigenvalue weighted by molar-refractivity contribution is 5.76. The van der Waals surface area contributed by atoms with Crippen LogP contribution < -0.4 is 10.2 Å². The first-order valence-electron chi connectivity index (χ1n) is 16.0. The predicted octanol–water partition coefficient (Wildman–Crippen LogP) is 0.635. The van der Waals surface area contributed by atoms with Gasteiger partial charge in [-0.25, -0.2) is 4.52 Å². The molecule has 0 spiro atoms. The smallest absolute Gasteiger partial charge is 0.378 e. The molecule has 8 rings (SSSR count). The number of nitrogens with zero attached hydrogens (tertiary/aromatic N) is 10.